The Labute approximate surface area is 212 Å². The summed E-state index contributed by atoms with van der Waals surface area (Å²) in [7, 11) is -2.08. The molecule has 2 fully saturated rings. The zero-order valence-corrected chi connectivity index (χ0v) is 22.2. The van der Waals surface area contributed by atoms with Gasteiger partial charge in [0, 0.05) is 50.9 Å². The number of thiophene rings is 1. The molecular weight excluding hydrogens is 504 g/mol. The predicted octanol–water partition coefficient (Wildman–Crippen LogP) is 1.10. The normalized spacial score (nSPS) is 18.1. The van der Waals surface area contributed by atoms with Crippen LogP contribution in [0.2, 0.25) is 0 Å². The van der Waals surface area contributed by atoms with Crippen molar-refractivity contribution < 1.29 is 13.2 Å². The first-order valence-electron chi connectivity index (χ1n) is 12.0. The molecule has 1 N–H and O–H groups in total. The molecule has 0 unspecified atom stereocenters. The van der Waals surface area contributed by atoms with Crippen LogP contribution in [-0.4, -0.2) is 56.8 Å². The number of carbonyl (C=O) groups excluding carboxylic acids is 1. The summed E-state index contributed by atoms with van der Waals surface area (Å²) in [4.78, 5) is 40.9. The maximum atomic E-state index is 13.6. The van der Waals surface area contributed by atoms with E-state index in [9.17, 15) is 22.8 Å². The smallest absolute Gasteiger partial charge is 0.332 e. The summed E-state index contributed by atoms with van der Waals surface area (Å²) in [5.74, 6) is 0.152. The van der Waals surface area contributed by atoms with Gasteiger partial charge in [-0.2, -0.15) is 5.10 Å². The second-order valence-electron chi connectivity index (χ2n) is 10.2. The van der Waals surface area contributed by atoms with Gasteiger partial charge in [-0.3, -0.25) is 23.4 Å². The van der Waals surface area contributed by atoms with Crippen molar-refractivity contribution in [1.82, 2.24) is 28.5 Å². The number of hydrogen-bond acceptors (Lipinski definition) is 7. The molecule has 3 aromatic rings. The van der Waals surface area contributed by atoms with E-state index in [2.05, 4.69) is 9.82 Å². The van der Waals surface area contributed by atoms with Crippen molar-refractivity contribution in [3.8, 4) is 0 Å². The quantitative estimate of drug-likeness (QED) is 0.483. The summed E-state index contributed by atoms with van der Waals surface area (Å²) < 4.78 is 33.2. The van der Waals surface area contributed by atoms with Crippen LogP contribution in [0.3, 0.4) is 0 Å². The number of carbonyl (C=O) groups is 1. The van der Waals surface area contributed by atoms with Crippen molar-refractivity contribution in [2.75, 3.05) is 13.1 Å². The second-order valence-corrected chi connectivity index (χ2v) is 13.1. The highest BCUT2D eigenvalue weighted by Crippen LogP contribution is 2.37. The topological polar surface area (TPSA) is 128 Å². The van der Waals surface area contributed by atoms with Crippen LogP contribution in [0.1, 0.15) is 45.1 Å². The average Bonchev–Trinajstić information content (AvgIpc) is 3.20. The first kappa shape index (κ1) is 24.9. The van der Waals surface area contributed by atoms with Crippen LogP contribution >= 0.6 is 11.3 Å². The lowest BCUT2D eigenvalue weighted by Crippen LogP contribution is -2.42. The molecule has 1 saturated carbocycles. The highest BCUT2D eigenvalue weighted by molar-refractivity contribution is 7.91. The minimum absolute atomic E-state index is 0.0291. The maximum absolute atomic E-state index is 13.6. The number of aromatic nitrogens is 4. The molecule has 0 atom stereocenters. The number of fused-ring (bicyclic) bond motifs is 1. The summed E-state index contributed by atoms with van der Waals surface area (Å²) in [5.41, 5.74) is -0.751. The molecule has 1 aliphatic carbocycles. The summed E-state index contributed by atoms with van der Waals surface area (Å²) in [5, 5.41) is 4.34. The molecule has 1 amide bonds. The second kappa shape index (κ2) is 8.96. The third-order valence-corrected chi connectivity index (χ3v) is 10.4. The van der Waals surface area contributed by atoms with Crippen molar-refractivity contribution in [2.45, 2.75) is 62.4 Å². The summed E-state index contributed by atoms with van der Waals surface area (Å²) in [6, 6.07) is 1.39. The number of piperidine rings is 1. The minimum Gasteiger partial charge on any atom is -0.343 e. The van der Waals surface area contributed by atoms with Gasteiger partial charge in [0.25, 0.3) is 15.6 Å². The van der Waals surface area contributed by atoms with Crippen molar-refractivity contribution in [2.24, 2.45) is 13.0 Å². The SMILES string of the molecule is CC(=O)N1CCC(Cn2c(=O)n(Cc3cnn(C)c3)c(=O)c3cc(S(=O)(=O)NC4(C)CC4)sc32)CC1. The van der Waals surface area contributed by atoms with E-state index in [1.54, 1.807) is 40.5 Å². The van der Waals surface area contributed by atoms with Gasteiger partial charge in [0.15, 0.2) is 0 Å². The summed E-state index contributed by atoms with van der Waals surface area (Å²) in [6.07, 6.45) is 6.32. The van der Waals surface area contributed by atoms with Gasteiger partial charge in [-0.15, -0.1) is 11.3 Å². The number of likely N-dealkylation sites (tertiary alicyclic amines) is 1. The molecule has 36 heavy (non-hydrogen) atoms. The Morgan fingerprint density at radius 3 is 2.50 bits per heavy atom. The van der Waals surface area contributed by atoms with Gasteiger partial charge in [0.05, 0.1) is 18.1 Å². The Bertz CT molecular complexity index is 1550. The summed E-state index contributed by atoms with van der Waals surface area (Å²) >= 11 is 0.959. The first-order valence-corrected chi connectivity index (χ1v) is 14.3. The van der Waals surface area contributed by atoms with Crippen molar-refractivity contribution in [1.29, 1.82) is 0 Å². The molecule has 4 heterocycles. The number of nitrogens with zero attached hydrogens (tertiary/aromatic N) is 5. The molecule has 5 rings (SSSR count). The fourth-order valence-electron chi connectivity index (χ4n) is 4.70. The lowest BCUT2D eigenvalue weighted by molar-refractivity contribution is -0.130. The zero-order chi connectivity index (χ0) is 25.8. The van der Waals surface area contributed by atoms with Crippen LogP contribution < -0.4 is 16.0 Å². The Balaban J connectivity index is 1.58. The lowest BCUT2D eigenvalue weighted by Gasteiger charge is -2.31. The molecule has 3 aromatic heterocycles. The molecule has 0 radical (unpaired) electrons. The molecule has 1 aliphatic heterocycles. The Kier molecular flexibility index (Phi) is 6.20. The summed E-state index contributed by atoms with van der Waals surface area (Å²) in [6.45, 7) is 5.01. The van der Waals surface area contributed by atoms with E-state index in [4.69, 9.17) is 0 Å². The molecule has 1 saturated heterocycles. The zero-order valence-electron chi connectivity index (χ0n) is 20.6. The van der Waals surface area contributed by atoms with Gasteiger partial charge in [-0.1, -0.05) is 0 Å². The lowest BCUT2D eigenvalue weighted by atomic mass is 9.96. The number of rotatable bonds is 7. The molecule has 11 nitrogen and oxygen atoms in total. The van der Waals surface area contributed by atoms with Crippen LogP contribution in [0.4, 0.5) is 0 Å². The monoisotopic (exact) mass is 534 g/mol. The molecule has 0 aromatic carbocycles. The van der Waals surface area contributed by atoms with Gasteiger partial charge in [0.1, 0.15) is 9.04 Å². The van der Waals surface area contributed by atoms with Crippen molar-refractivity contribution >= 4 is 37.5 Å². The largest absolute Gasteiger partial charge is 0.343 e. The van der Waals surface area contributed by atoms with E-state index in [1.165, 1.54) is 6.07 Å². The van der Waals surface area contributed by atoms with E-state index in [1.807, 2.05) is 6.92 Å². The molecule has 13 heteroatoms. The minimum atomic E-state index is -3.83. The number of hydrogen-bond donors (Lipinski definition) is 1. The van der Waals surface area contributed by atoms with E-state index < -0.39 is 26.8 Å². The third-order valence-electron chi connectivity index (χ3n) is 7.12. The number of sulfonamides is 1. The van der Waals surface area contributed by atoms with Crippen LogP contribution in [0, 0.1) is 5.92 Å². The fraction of sp³-hybridized carbons (Fsp3) is 0.565. The molecule has 0 spiro atoms. The Hall–Kier alpha value is -2.77. The van der Waals surface area contributed by atoms with Gasteiger partial charge in [-0.25, -0.2) is 17.9 Å². The Morgan fingerprint density at radius 1 is 1.22 bits per heavy atom. The average molecular weight is 535 g/mol. The van der Waals surface area contributed by atoms with Crippen LogP contribution in [-0.2, 0) is 35.0 Å². The number of amides is 1. The van der Waals surface area contributed by atoms with Gasteiger partial charge in [-0.05, 0) is 44.6 Å². The van der Waals surface area contributed by atoms with Gasteiger partial charge in [0.2, 0.25) is 5.91 Å². The van der Waals surface area contributed by atoms with E-state index in [0.29, 0.717) is 30.0 Å². The molecular formula is C23H30N6O5S2. The highest BCUT2D eigenvalue weighted by Gasteiger charge is 2.42. The van der Waals surface area contributed by atoms with Crippen LogP contribution in [0.25, 0.3) is 10.2 Å². The van der Waals surface area contributed by atoms with Crippen LogP contribution in [0.5, 0.6) is 0 Å². The van der Waals surface area contributed by atoms with Gasteiger partial charge < -0.3 is 4.90 Å². The molecule has 0 bridgehead atoms. The van der Waals surface area contributed by atoms with E-state index in [-0.39, 0.29) is 28.0 Å². The predicted molar refractivity (Wildman–Crippen MR) is 136 cm³/mol. The Morgan fingerprint density at radius 2 is 1.92 bits per heavy atom. The first-order chi connectivity index (χ1) is 17.0. The number of nitrogens with one attached hydrogen (secondary N) is 1. The van der Waals surface area contributed by atoms with Crippen molar-refractivity contribution in [3.05, 3.63) is 44.9 Å². The molecule has 2 aliphatic rings. The highest BCUT2D eigenvalue weighted by atomic mass is 32.2. The van der Waals surface area contributed by atoms with E-state index in [0.717, 1.165) is 41.6 Å². The molecule has 194 valence electrons. The van der Waals surface area contributed by atoms with Crippen LogP contribution in [0.15, 0.2) is 32.3 Å². The van der Waals surface area contributed by atoms with E-state index >= 15 is 0 Å². The standard InChI is InChI=1S/C23H30N6O5S2/c1-15(30)27-8-4-16(5-9-27)13-29-21-18(10-19(35-21)36(33,34)25-23(2)6-7-23)20(31)28(22(29)32)14-17-11-24-26(3)12-17/h10-12,16,25H,4-9,13-14H2,1-3H3. The fourth-order valence-corrected chi connectivity index (χ4v) is 7.61. The number of aryl methyl sites for hydroxylation is 1. The third kappa shape index (κ3) is 4.78. The van der Waals surface area contributed by atoms with Crippen molar-refractivity contribution in [3.63, 3.8) is 0 Å². The van der Waals surface area contributed by atoms with Gasteiger partial charge >= 0.3 is 5.69 Å². The maximum Gasteiger partial charge on any atom is 0.332 e.